The molecule has 0 aromatic heterocycles. The standard InChI is InChI=1S/C20H18ClNO3/c1-2-3-12-24-15-10-8-14(9-11-15)13-18-20(23)25-19(22-18)16-6-4-5-7-17(16)21/h4-11,13H,2-3,12H2,1H3. The second kappa shape index (κ2) is 7.99. The number of carbonyl (C=O) groups excluding carboxylic acids is 1. The van der Waals surface area contributed by atoms with Gasteiger partial charge in [-0.2, -0.15) is 0 Å². The number of rotatable bonds is 6. The number of unbranched alkanes of at least 4 members (excludes halogenated alkanes) is 1. The van der Waals surface area contributed by atoms with Crippen molar-refractivity contribution in [2.75, 3.05) is 6.61 Å². The first-order valence-electron chi connectivity index (χ1n) is 8.17. The summed E-state index contributed by atoms with van der Waals surface area (Å²) < 4.78 is 10.9. The summed E-state index contributed by atoms with van der Waals surface area (Å²) in [6.07, 6.45) is 3.80. The smallest absolute Gasteiger partial charge is 0.363 e. The minimum Gasteiger partial charge on any atom is -0.494 e. The molecule has 0 amide bonds. The first-order chi connectivity index (χ1) is 12.2. The molecule has 1 aliphatic heterocycles. The molecule has 2 aromatic carbocycles. The second-order valence-corrected chi connectivity index (χ2v) is 5.99. The van der Waals surface area contributed by atoms with Gasteiger partial charge in [0.05, 0.1) is 17.2 Å². The van der Waals surface area contributed by atoms with E-state index in [0.29, 0.717) is 17.2 Å². The summed E-state index contributed by atoms with van der Waals surface area (Å²) in [6.45, 7) is 2.82. The van der Waals surface area contributed by atoms with Crippen molar-refractivity contribution in [3.63, 3.8) is 0 Å². The number of cyclic esters (lactones) is 1. The molecule has 2 aromatic rings. The highest BCUT2D eigenvalue weighted by Gasteiger charge is 2.25. The summed E-state index contributed by atoms with van der Waals surface area (Å²) in [5.74, 6) is 0.546. The van der Waals surface area contributed by atoms with Crippen molar-refractivity contribution in [3.05, 3.63) is 70.4 Å². The van der Waals surface area contributed by atoms with Crippen LogP contribution in [0.2, 0.25) is 5.02 Å². The van der Waals surface area contributed by atoms with Gasteiger partial charge in [-0.15, -0.1) is 0 Å². The Morgan fingerprint density at radius 3 is 2.64 bits per heavy atom. The fourth-order valence-corrected chi connectivity index (χ4v) is 2.53. The zero-order chi connectivity index (χ0) is 17.6. The zero-order valence-corrected chi connectivity index (χ0v) is 14.6. The van der Waals surface area contributed by atoms with E-state index in [2.05, 4.69) is 11.9 Å². The highest BCUT2D eigenvalue weighted by molar-refractivity contribution is 6.34. The summed E-state index contributed by atoms with van der Waals surface area (Å²) in [7, 11) is 0. The van der Waals surface area contributed by atoms with E-state index in [1.807, 2.05) is 36.4 Å². The molecule has 0 bridgehead atoms. The predicted molar refractivity (Wildman–Crippen MR) is 98.9 cm³/mol. The summed E-state index contributed by atoms with van der Waals surface area (Å²) in [4.78, 5) is 16.3. The zero-order valence-electron chi connectivity index (χ0n) is 13.9. The van der Waals surface area contributed by atoms with Crippen LogP contribution in [0.4, 0.5) is 0 Å². The lowest BCUT2D eigenvalue weighted by Gasteiger charge is -2.05. The van der Waals surface area contributed by atoms with E-state index < -0.39 is 5.97 Å². The van der Waals surface area contributed by atoms with Gasteiger partial charge in [0.25, 0.3) is 0 Å². The number of hydrogen-bond donors (Lipinski definition) is 0. The molecular formula is C20H18ClNO3. The van der Waals surface area contributed by atoms with Crippen molar-refractivity contribution in [1.82, 2.24) is 0 Å². The number of benzene rings is 2. The van der Waals surface area contributed by atoms with Crippen LogP contribution in [0.5, 0.6) is 5.75 Å². The van der Waals surface area contributed by atoms with Crippen LogP contribution in [0.15, 0.2) is 59.2 Å². The lowest BCUT2D eigenvalue weighted by Crippen LogP contribution is -2.05. The van der Waals surface area contributed by atoms with Crippen LogP contribution in [-0.2, 0) is 9.53 Å². The van der Waals surface area contributed by atoms with E-state index in [-0.39, 0.29) is 11.6 Å². The molecule has 0 fully saturated rings. The predicted octanol–water partition coefficient (Wildman–Crippen LogP) is 4.86. The third-order valence-electron chi connectivity index (χ3n) is 3.67. The van der Waals surface area contributed by atoms with Crippen LogP contribution in [0.25, 0.3) is 6.08 Å². The van der Waals surface area contributed by atoms with Gasteiger partial charge >= 0.3 is 5.97 Å². The highest BCUT2D eigenvalue weighted by Crippen LogP contribution is 2.24. The molecule has 1 heterocycles. The first kappa shape index (κ1) is 17.2. The molecule has 0 spiro atoms. The van der Waals surface area contributed by atoms with Crippen LogP contribution in [0, 0.1) is 0 Å². The topological polar surface area (TPSA) is 47.9 Å². The van der Waals surface area contributed by atoms with Crippen LogP contribution in [0.1, 0.15) is 30.9 Å². The summed E-state index contributed by atoms with van der Waals surface area (Å²) in [6, 6.07) is 14.6. The molecule has 5 heteroatoms. The van der Waals surface area contributed by atoms with Gasteiger partial charge in [0, 0.05) is 0 Å². The fourth-order valence-electron chi connectivity index (χ4n) is 2.31. The number of carbonyl (C=O) groups is 1. The molecule has 1 aliphatic rings. The van der Waals surface area contributed by atoms with Gasteiger partial charge in [-0.1, -0.05) is 49.2 Å². The summed E-state index contributed by atoms with van der Waals surface area (Å²) in [5, 5.41) is 0.490. The second-order valence-electron chi connectivity index (χ2n) is 5.59. The average Bonchev–Trinajstić information content (AvgIpc) is 2.97. The number of ether oxygens (including phenoxy) is 2. The number of hydrogen-bond acceptors (Lipinski definition) is 4. The summed E-state index contributed by atoms with van der Waals surface area (Å²) in [5.41, 5.74) is 1.69. The van der Waals surface area contributed by atoms with Crippen molar-refractivity contribution in [1.29, 1.82) is 0 Å². The van der Waals surface area contributed by atoms with E-state index in [1.54, 1.807) is 18.2 Å². The quantitative estimate of drug-likeness (QED) is 0.422. The SMILES string of the molecule is CCCCOc1ccc(C=C2N=C(c3ccccc3Cl)OC2=O)cc1. The maximum Gasteiger partial charge on any atom is 0.363 e. The van der Waals surface area contributed by atoms with Gasteiger partial charge in [0.1, 0.15) is 5.75 Å². The first-order valence-corrected chi connectivity index (χ1v) is 8.55. The van der Waals surface area contributed by atoms with Gasteiger partial charge in [-0.25, -0.2) is 9.79 Å². The van der Waals surface area contributed by atoms with Gasteiger partial charge in [-0.05, 0) is 42.3 Å². The molecule has 0 saturated heterocycles. The van der Waals surface area contributed by atoms with E-state index in [4.69, 9.17) is 21.1 Å². The lowest BCUT2D eigenvalue weighted by molar-refractivity contribution is -0.129. The Hall–Kier alpha value is -2.59. The van der Waals surface area contributed by atoms with Crippen molar-refractivity contribution < 1.29 is 14.3 Å². The fraction of sp³-hybridized carbons (Fsp3) is 0.200. The monoisotopic (exact) mass is 355 g/mol. The number of halogens is 1. The van der Waals surface area contributed by atoms with E-state index in [9.17, 15) is 4.79 Å². The molecule has 128 valence electrons. The average molecular weight is 356 g/mol. The number of nitrogens with zero attached hydrogens (tertiary/aromatic N) is 1. The molecule has 0 N–H and O–H groups in total. The maximum atomic E-state index is 12.0. The maximum absolute atomic E-state index is 12.0. The largest absolute Gasteiger partial charge is 0.494 e. The number of aliphatic imine (C=N–C) groups is 1. The van der Waals surface area contributed by atoms with E-state index in [0.717, 1.165) is 24.2 Å². The van der Waals surface area contributed by atoms with E-state index >= 15 is 0 Å². The third kappa shape index (κ3) is 4.28. The molecule has 4 nitrogen and oxygen atoms in total. The van der Waals surface area contributed by atoms with Crippen molar-refractivity contribution in [2.24, 2.45) is 4.99 Å². The third-order valence-corrected chi connectivity index (χ3v) is 4.00. The van der Waals surface area contributed by atoms with Gasteiger partial charge in [0.2, 0.25) is 5.90 Å². The Morgan fingerprint density at radius 2 is 1.92 bits per heavy atom. The molecule has 0 aliphatic carbocycles. The van der Waals surface area contributed by atoms with Gasteiger partial charge in [-0.3, -0.25) is 0 Å². The Bertz CT molecular complexity index is 825. The summed E-state index contributed by atoms with van der Waals surface area (Å²) >= 11 is 6.12. The van der Waals surface area contributed by atoms with Crippen LogP contribution in [-0.4, -0.2) is 18.5 Å². The van der Waals surface area contributed by atoms with Crippen LogP contribution < -0.4 is 4.74 Å². The lowest BCUT2D eigenvalue weighted by atomic mass is 10.2. The molecule has 3 rings (SSSR count). The molecule has 0 atom stereocenters. The van der Waals surface area contributed by atoms with Gasteiger partial charge < -0.3 is 9.47 Å². The van der Waals surface area contributed by atoms with Crippen molar-refractivity contribution >= 4 is 29.5 Å². The molecule has 0 radical (unpaired) electrons. The minimum atomic E-state index is -0.488. The number of esters is 1. The van der Waals surface area contributed by atoms with Crippen LogP contribution >= 0.6 is 11.6 Å². The van der Waals surface area contributed by atoms with Crippen molar-refractivity contribution in [2.45, 2.75) is 19.8 Å². The molecular weight excluding hydrogens is 338 g/mol. The Labute approximate surface area is 151 Å². The normalized spacial score (nSPS) is 15.2. The van der Waals surface area contributed by atoms with Crippen molar-refractivity contribution in [3.8, 4) is 5.75 Å². The molecule has 0 unspecified atom stereocenters. The molecule has 25 heavy (non-hydrogen) atoms. The highest BCUT2D eigenvalue weighted by atomic mass is 35.5. The Kier molecular flexibility index (Phi) is 5.51. The Morgan fingerprint density at radius 1 is 1.16 bits per heavy atom. The van der Waals surface area contributed by atoms with Crippen LogP contribution in [0.3, 0.4) is 0 Å². The minimum absolute atomic E-state index is 0.223. The van der Waals surface area contributed by atoms with Gasteiger partial charge in [0.15, 0.2) is 5.70 Å². The Balaban J connectivity index is 1.77. The molecule has 0 saturated carbocycles. The van der Waals surface area contributed by atoms with E-state index in [1.165, 1.54) is 0 Å².